The number of hydrogen-bond acceptors (Lipinski definition) is 6. The highest BCUT2D eigenvalue weighted by molar-refractivity contribution is 7.87. The lowest BCUT2D eigenvalue weighted by atomic mass is 9.81. The van der Waals surface area contributed by atoms with Crippen molar-refractivity contribution >= 4 is 32.9 Å². The third kappa shape index (κ3) is 4.83. The number of carbonyl (C=O) groups is 2. The summed E-state index contributed by atoms with van der Waals surface area (Å²) in [4.78, 5) is 32.9. The predicted molar refractivity (Wildman–Crippen MR) is 181 cm³/mol. The van der Waals surface area contributed by atoms with Gasteiger partial charge in [0.2, 0.25) is 5.91 Å². The number of carbonyl (C=O) groups excluding carboxylic acids is 2. The summed E-state index contributed by atoms with van der Waals surface area (Å²) < 4.78 is 36.4. The third-order valence-electron chi connectivity index (χ3n) is 12.0. The van der Waals surface area contributed by atoms with Gasteiger partial charge in [0.05, 0.1) is 18.2 Å². The zero-order chi connectivity index (χ0) is 32.8. The van der Waals surface area contributed by atoms with Crippen molar-refractivity contribution in [2.45, 2.75) is 81.8 Å². The van der Waals surface area contributed by atoms with E-state index in [4.69, 9.17) is 4.74 Å². The minimum Gasteiger partial charge on any atom is -0.497 e. The molecule has 2 saturated carbocycles. The number of likely N-dealkylation sites (N-methyl/N-ethyl adjacent to an activating group) is 1. The van der Waals surface area contributed by atoms with Crippen LogP contribution in [-0.2, 0) is 21.5 Å². The Morgan fingerprint density at radius 1 is 0.979 bits per heavy atom. The van der Waals surface area contributed by atoms with E-state index in [0.29, 0.717) is 18.5 Å². The van der Waals surface area contributed by atoms with E-state index in [0.717, 1.165) is 77.4 Å². The molecule has 10 nitrogen and oxygen atoms in total. The summed E-state index contributed by atoms with van der Waals surface area (Å²) in [6.45, 7) is 2.22. The van der Waals surface area contributed by atoms with Gasteiger partial charge in [0.1, 0.15) is 5.75 Å². The number of methoxy groups -OCH3 is 1. The van der Waals surface area contributed by atoms with Gasteiger partial charge in [-0.05, 0) is 86.5 Å². The second kappa shape index (κ2) is 11.1. The number of fused-ring (bicyclic) bond motifs is 10. The van der Waals surface area contributed by atoms with E-state index in [1.54, 1.807) is 13.2 Å². The molecule has 4 aliphatic heterocycles. The Morgan fingerprint density at radius 2 is 1.74 bits per heavy atom. The first-order chi connectivity index (χ1) is 22.5. The molecule has 250 valence electrons. The van der Waals surface area contributed by atoms with Gasteiger partial charge < -0.3 is 14.2 Å². The molecule has 47 heavy (non-hydrogen) atoms. The number of ether oxygens (including phenoxy) is 1. The molecule has 0 radical (unpaired) electrons. The lowest BCUT2D eigenvalue weighted by Gasteiger charge is -2.51. The molecule has 2 aromatic carbocycles. The van der Waals surface area contributed by atoms with Crippen LogP contribution in [0.2, 0.25) is 0 Å². The molecule has 2 bridgehead atoms. The van der Waals surface area contributed by atoms with Crippen molar-refractivity contribution < 1.29 is 22.7 Å². The molecule has 5 heterocycles. The van der Waals surface area contributed by atoms with Crippen molar-refractivity contribution in [3.63, 3.8) is 0 Å². The van der Waals surface area contributed by atoms with Crippen molar-refractivity contribution in [2.75, 3.05) is 41.3 Å². The van der Waals surface area contributed by atoms with E-state index < -0.39 is 21.5 Å². The third-order valence-corrected chi connectivity index (χ3v) is 13.4. The number of nitrogens with zero attached hydrogens (tertiary/aromatic N) is 4. The molecule has 6 aliphatic rings. The molecule has 4 atom stereocenters. The van der Waals surface area contributed by atoms with Crippen molar-refractivity contribution in [1.29, 1.82) is 0 Å². The SMILES string of the molecule is COc1ccc2c(c1)[C@@H]1C[C@]1(C(=O)N1CC3CCC1CN3C)Cn1c-2c(C2CCCCC2)c2ccc(C(=O)NS(=O)(=O)N(C)C)cc21. The molecule has 2 amide bonds. The second-order valence-electron chi connectivity index (χ2n) is 14.8. The molecule has 5 fully saturated rings. The molecule has 1 aromatic heterocycles. The Hall–Kier alpha value is -3.41. The van der Waals surface area contributed by atoms with Crippen LogP contribution in [0.3, 0.4) is 0 Å². The van der Waals surface area contributed by atoms with Crippen molar-refractivity contribution in [3.05, 3.63) is 53.1 Å². The Bertz CT molecular complexity index is 1900. The number of aromatic nitrogens is 1. The van der Waals surface area contributed by atoms with Crippen LogP contribution in [0.15, 0.2) is 36.4 Å². The summed E-state index contributed by atoms with van der Waals surface area (Å²) >= 11 is 0. The van der Waals surface area contributed by atoms with Crippen LogP contribution in [0.4, 0.5) is 0 Å². The summed E-state index contributed by atoms with van der Waals surface area (Å²) in [5.41, 5.74) is 5.32. The van der Waals surface area contributed by atoms with E-state index in [2.05, 4.69) is 38.3 Å². The van der Waals surface area contributed by atoms with Crippen LogP contribution in [0.25, 0.3) is 22.2 Å². The highest BCUT2D eigenvalue weighted by atomic mass is 32.2. The molecule has 3 aromatic rings. The van der Waals surface area contributed by atoms with Gasteiger partial charge in [-0.15, -0.1) is 0 Å². The molecule has 11 heteroatoms. The van der Waals surface area contributed by atoms with Gasteiger partial charge in [-0.3, -0.25) is 14.5 Å². The smallest absolute Gasteiger partial charge is 0.303 e. The van der Waals surface area contributed by atoms with E-state index >= 15 is 0 Å². The van der Waals surface area contributed by atoms with Crippen molar-refractivity contribution in [3.8, 4) is 17.0 Å². The molecule has 2 aliphatic carbocycles. The van der Waals surface area contributed by atoms with Gasteiger partial charge in [-0.1, -0.05) is 25.3 Å². The monoisotopic (exact) mass is 659 g/mol. The summed E-state index contributed by atoms with van der Waals surface area (Å²) in [5.74, 6) is 0.807. The first-order valence-corrected chi connectivity index (χ1v) is 18.6. The predicted octanol–water partition coefficient (Wildman–Crippen LogP) is 4.69. The molecule has 1 N–H and O–H groups in total. The molecule has 3 saturated heterocycles. The first kappa shape index (κ1) is 30.9. The second-order valence-corrected chi connectivity index (χ2v) is 16.7. The normalized spacial score (nSPS) is 27.3. The Balaban J connectivity index is 1.31. The van der Waals surface area contributed by atoms with Gasteiger partial charge in [0.25, 0.3) is 5.91 Å². The fraction of sp³-hybridized carbons (Fsp3) is 0.556. The summed E-state index contributed by atoms with van der Waals surface area (Å²) in [7, 11) is 2.69. The largest absolute Gasteiger partial charge is 0.497 e. The number of rotatable bonds is 6. The number of amides is 2. The van der Waals surface area contributed by atoms with E-state index in [-0.39, 0.29) is 23.4 Å². The average Bonchev–Trinajstić information content (AvgIpc) is 3.74. The molecule has 0 spiro atoms. The highest BCUT2D eigenvalue weighted by Gasteiger charge is 2.65. The Labute approximate surface area is 277 Å². The van der Waals surface area contributed by atoms with Crippen LogP contribution in [-0.4, -0.2) is 92.3 Å². The van der Waals surface area contributed by atoms with Gasteiger partial charge in [-0.25, -0.2) is 4.72 Å². The maximum atomic E-state index is 14.9. The Morgan fingerprint density at radius 3 is 2.43 bits per heavy atom. The van der Waals surface area contributed by atoms with Crippen LogP contribution in [0.1, 0.15) is 84.7 Å². The molecule has 9 rings (SSSR count). The van der Waals surface area contributed by atoms with Crippen LogP contribution < -0.4 is 9.46 Å². The summed E-state index contributed by atoms with van der Waals surface area (Å²) in [6.07, 6.45) is 8.72. The summed E-state index contributed by atoms with van der Waals surface area (Å²) in [6, 6.07) is 12.5. The zero-order valence-electron chi connectivity index (χ0n) is 27.8. The standard InChI is InChI=1S/C36H45N5O5S/c1-38(2)47(44,45)37-34(42)23-10-14-28-31(16-23)41-21-36(35(43)40-20-24-11-12-25(40)19-39(24)3)18-30(36)29-17-26(46-4)13-15-27(29)33(41)32(28)22-8-6-5-7-9-22/h10,13-17,22,24-25,30H,5-9,11-12,18-21H2,1-4H3,(H,37,42)/t24?,25?,30-,36-/m0/s1. The fourth-order valence-electron chi connectivity index (χ4n) is 9.26. The van der Waals surface area contributed by atoms with Crippen LogP contribution in [0, 0.1) is 5.41 Å². The van der Waals surface area contributed by atoms with Gasteiger partial charge in [0.15, 0.2) is 0 Å². The number of benzene rings is 2. The number of piperidine rings is 2. The average molecular weight is 660 g/mol. The molecule has 2 unspecified atom stereocenters. The lowest BCUT2D eigenvalue weighted by Crippen LogP contribution is -2.64. The lowest BCUT2D eigenvalue weighted by molar-refractivity contribution is -0.147. The highest BCUT2D eigenvalue weighted by Crippen LogP contribution is 2.66. The van der Waals surface area contributed by atoms with Crippen molar-refractivity contribution in [2.24, 2.45) is 5.41 Å². The Kier molecular flexibility index (Phi) is 7.27. The number of nitrogens with one attached hydrogen (secondary N) is 1. The number of hydrogen-bond donors (Lipinski definition) is 1. The molecular weight excluding hydrogens is 614 g/mol. The van der Waals surface area contributed by atoms with Gasteiger partial charge >= 0.3 is 10.2 Å². The van der Waals surface area contributed by atoms with E-state index in [1.165, 1.54) is 44.5 Å². The fourth-order valence-corrected chi connectivity index (χ4v) is 9.80. The quantitative estimate of drug-likeness (QED) is 0.412. The van der Waals surface area contributed by atoms with Crippen molar-refractivity contribution in [1.82, 2.24) is 23.4 Å². The topological polar surface area (TPSA) is 104 Å². The van der Waals surface area contributed by atoms with E-state index in [9.17, 15) is 18.0 Å². The van der Waals surface area contributed by atoms with Crippen LogP contribution >= 0.6 is 0 Å². The van der Waals surface area contributed by atoms with E-state index in [1.807, 2.05) is 18.2 Å². The maximum absolute atomic E-state index is 14.9. The summed E-state index contributed by atoms with van der Waals surface area (Å²) in [5, 5.41) is 1.08. The van der Waals surface area contributed by atoms with Gasteiger partial charge in [0, 0.05) is 73.8 Å². The first-order valence-electron chi connectivity index (χ1n) is 17.1. The van der Waals surface area contributed by atoms with Crippen LogP contribution in [0.5, 0.6) is 5.75 Å². The zero-order valence-corrected chi connectivity index (χ0v) is 28.6. The minimum absolute atomic E-state index is 0.0733. The number of piperazine rings is 1. The minimum atomic E-state index is -3.96. The molecular formula is C36H45N5O5S. The maximum Gasteiger partial charge on any atom is 0.303 e. The van der Waals surface area contributed by atoms with Gasteiger partial charge in [-0.2, -0.15) is 12.7 Å².